The van der Waals surface area contributed by atoms with Gasteiger partial charge in [-0.3, -0.25) is 0 Å². The second-order valence-electron chi connectivity index (χ2n) is 6.38. The Labute approximate surface area is 140 Å². The van der Waals surface area contributed by atoms with Gasteiger partial charge in [0.2, 0.25) is 0 Å². The molecule has 1 N–H and O–H groups in total. The summed E-state index contributed by atoms with van der Waals surface area (Å²) in [4.78, 5) is 18.6. The molecule has 128 valence electrons. The second-order valence-corrected chi connectivity index (χ2v) is 6.38. The maximum absolute atomic E-state index is 12.2. The molecule has 1 aromatic carbocycles. The Morgan fingerprint density at radius 1 is 1.13 bits per heavy atom. The molecular formula is C18H30N4O. The van der Waals surface area contributed by atoms with Crippen LogP contribution < -0.4 is 10.2 Å². The van der Waals surface area contributed by atoms with Crippen LogP contribution >= 0.6 is 0 Å². The number of nitrogens with one attached hydrogen (secondary N) is 1. The van der Waals surface area contributed by atoms with Gasteiger partial charge in [-0.25, -0.2) is 4.79 Å². The zero-order valence-corrected chi connectivity index (χ0v) is 14.7. The van der Waals surface area contributed by atoms with Crippen molar-refractivity contribution in [2.24, 2.45) is 0 Å². The highest BCUT2D eigenvalue weighted by Crippen LogP contribution is 2.17. The number of carbonyl (C=O) groups is 1. The molecule has 0 saturated carbocycles. The first-order valence-electron chi connectivity index (χ1n) is 8.61. The van der Waals surface area contributed by atoms with Crippen molar-refractivity contribution in [2.45, 2.75) is 19.8 Å². The van der Waals surface area contributed by atoms with E-state index in [-0.39, 0.29) is 6.03 Å². The van der Waals surface area contributed by atoms with Gasteiger partial charge in [0.1, 0.15) is 0 Å². The standard InChI is InChI=1S/C18H30N4O/c1-4-16-6-8-17(9-7-16)21-12-14-22(15-13-21)18(23)19-10-5-11-20(2)3/h6-9H,4-5,10-15H2,1-3H3,(H,19,23). The Hall–Kier alpha value is -1.75. The van der Waals surface area contributed by atoms with E-state index in [0.717, 1.165) is 52.1 Å². The van der Waals surface area contributed by atoms with Gasteiger partial charge >= 0.3 is 6.03 Å². The molecule has 1 saturated heterocycles. The maximum atomic E-state index is 12.2. The van der Waals surface area contributed by atoms with Gasteiger partial charge < -0.3 is 20.0 Å². The molecule has 5 heteroatoms. The lowest BCUT2D eigenvalue weighted by molar-refractivity contribution is 0.194. The molecule has 2 rings (SSSR count). The largest absolute Gasteiger partial charge is 0.368 e. The molecule has 2 amide bonds. The topological polar surface area (TPSA) is 38.8 Å². The van der Waals surface area contributed by atoms with Crippen LogP contribution in [-0.4, -0.2) is 69.2 Å². The third-order valence-corrected chi connectivity index (χ3v) is 4.33. The summed E-state index contributed by atoms with van der Waals surface area (Å²) in [5.74, 6) is 0. The SMILES string of the molecule is CCc1ccc(N2CCN(C(=O)NCCCN(C)C)CC2)cc1. The number of hydrogen-bond acceptors (Lipinski definition) is 3. The molecule has 1 aromatic rings. The third kappa shape index (κ3) is 5.43. The monoisotopic (exact) mass is 318 g/mol. The second kappa shape index (κ2) is 8.77. The highest BCUT2D eigenvalue weighted by Gasteiger charge is 2.20. The number of anilines is 1. The number of nitrogens with zero attached hydrogens (tertiary/aromatic N) is 3. The first-order chi connectivity index (χ1) is 11.1. The predicted octanol–water partition coefficient (Wildman–Crippen LogP) is 2.03. The van der Waals surface area contributed by atoms with Crippen LogP contribution in [0.15, 0.2) is 24.3 Å². The molecule has 0 unspecified atom stereocenters. The van der Waals surface area contributed by atoms with Crippen molar-refractivity contribution in [2.75, 3.05) is 58.3 Å². The van der Waals surface area contributed by atoms with Gasteiger partial charge in [0.25, 0.3) is 0 Å². The van der Waals surface area contributed by atoms with Crippen molar-refractivity contribution >= 4 is 11.7 Å². The number of urea groups is 1. The van der Waals surface area contributed by atoms with Crippen molar-refractivity contribution in [1.82, 2.24) is 15.1 Å². The first kappa shape index (κ1) is 17.6. The summed E-state index contributed by atoms with van der Waals surface area (Å²) in [7, 11) is 4.10. The first-order valence-corrected chi connectivity index (χ1v) is 8.61. The average Bonchev–Trinajstić information content (AvgIpc) is 2.58. The quantitative estimate of drug-likeness (QED) is 0.816. The van der Waals surface area contributed by atoms with Crippen LogP contribution in [0.5, 0.6) is 0 Å². The number of rotatable bonds is 6. The Kier molecular flexibility index (Phi) is 6.71. The normalized spacial score (nSPS) is 15.1. The van der Waals surface area contributed by atoms with E-state index in [9.17, 15) is 4.79 Å². The van der Waals surface area contributed by atoms with Gasteiger partial charge in [-0.15, -0.1) is 0 Å². The van der Waals surface area contributed by atoms with Gasteiger partial charge in [0.05, 0.1) is 0 Å². The highest BCUT2D eigenvalue weighted by atomic mass is 16.2. The van der Waals surface area contributed by atoms with Crippen molar-refractivity contribution < 1.29 is 4.79 Å². The summed E-state index contributed by atoms with van der Waals surface area (Å²) in [6.07, 6.45) is 2.06. The van der Waals surface area contributed by atoms with Crippen LogP contribution in [0.4, 0.5) is 10.5 Å². The number of carbonyl (C=O) groups excluding carboxylic acids is 1. The molecule has 0 aliphatic carbocycles. The van der Waals surface area contributed by atoms with E-state index < -0.39 is 0 Å². The lowest BCUT2D eigenvalue weighted by atomic mass is 10.1. The van der Waals surface area contributed by atoms with E-state index in [0.29, 0.717) is 0 Å². The Bertz CT molecular complexity index is 478. The lowest BCUT2D eigenvalue weighted by Gasteiger charge is -2.36. The van der Waals surface area contributed by atoms with Crippen LogP contribution in [0.3, 0.4) is 0 Å². The Morgan fingerprint density at radius 3 is 2.35 bits per heavy atom. The fourth-order valence-electron chi connectivity index (χ4n) is 2.81. The molecule has 1 fully saturated rings. The minimum absolute atomic E-state index is 0.0738. The summed E-state index contributed by atoms with van der Waals surface area (Å²) in [5, 5.41) is 3.02. The number of piperazine rings is 1. The number of amides is 2. The molecule has 0 bridgehead atoms. The van der Waals surface area contributed by atoms with Crippen molar-refractivity contribution in [3.8, 4) is 0 Å². The van der Waals surface area contributed by atoms with E-state index in [1.54, 1.807) is 0 Å². The molecule has 0 atom stereocenters. The van der Waals surface area contributed by atoms with E-state index in [1.165, 1.54) is 11.3 Å². The van der Waals surface area contributed by atoms with Crippen molar-refractivity contribution in [3.63, 3.8) is 0 Å². The molecule has 5 nitrogen and oxygen atoms in total. The summed E-state index contributed by atoms with van der Waals surface area (Å²) in [5.41, 5.74) is 2.62. The van der Waals surface area contributed by atoms with Crippen LogP contribution in [0, 0.1) is 0 Å². The van der Waals surface area contributed by atoms with Crippen molar-refractivity contribution in [1.29, 1.82) is 0 Å². The molecule has 0 spiro atoms. The van der Waals surface area contributed by atoms with Gasteiger partial charge in [-0.05, 0) is 51.2 Å². The fourth-order valence-corrected chi connectivity index (χ4v) is 2.81. The Morgan fingerprint density at radius 2 is 1.78 bits per heavy atom. The third-order valence-electron chi connectivity index (χ3n) is 4.33. The minimum atomic E-state index is 0.0738. The zero-order valence-electron chi connectivity index (χ0n) is 14.7. The fraction of sp³-hybridized carbons (Fsp3) is 0.611. The summed E-state index contributed by atoms with van der Waals surface area (Å²) < 4.78 is 0. The molecule has 1 aliphatic heterocycles. The van der Waals surface area contributed by atoms with Gasteiger partial charge in [-0.1, -0.05) is 19.1 Å². The van der Waals surface area contributed by atoms with E-state index in [2.05, 4.69) is 46.3 Å². The Balaban J connectivity index is 1.73. The summed E-state index contributed by atoms with van der Waals surface area (Å²) in [6.45, 7) is 7.29. The van der Waals surface area contributed by atoms with Crippen LogP contribution in [-0.2, 0) is 6.42 Å². The molecule has 0 radical (unpaired) electrons. The number of benzene rings is 1. The van der Waals surface area contributed by atoms with Crippen LogP contribution in [0.1, 0.15) is 18.9 Å². The average molecular weight is 318 g/mol. The summed E-state index contributed by atoms with van der Waals surface area (Å²) >= 11 is 0. The highest BCUT2D eigenvalue weighted by molar-refractivity contribution is 5.74. The van der Waals surface area contributed by atoms with E-state index in [4.69, 9.17) is 0 Å². The van der Waals surface area contributed by atoms with Gasteiger partial charge in [0.15, 0.2) is 0 Å². The lowest BCUT2D eigenvalue weighted by Crippen LogP contribution is -2.52. The molecule has 1 aliphatic rings. The molecule has 1 heterocycles. The molecule has 23 heavy (non-hydrogen) atoms. The van der Waals surface area contributed by atoms with Crippen molar-refractivity contribution in [3.05, 3.63) is 29.8 Å². The van der Waals surface area contributed by atoms with Gasteiger partial charge in [-0.2, -0.15) is 0 Å². The minimum Gasteiger partial charge on any atom is -0.368 e. The molecule has 0 aromatic heterocycles. The van der Waals surface area contributed by atoms with Crippen LogP contribution in [0.25, 0.3) is 0 Å². The summed E-state index contributed by atoms with van der Waals surface area (Å²) in [6, 6.07) is 8.84. The zero-order chi connectivity index (χ0) is 16.7. The van der Waals surface area contributed by atoms with E-state index >= 15 is 0 Å². The molecular weight excluding hydrogens is 288 g/mol. The van der Waals surface area contributed by atoms with E-state index in [1.807, 2.05) is 19.0 Å². The van der Waals surface area contributed by atoms with Gasteiger partial charge in [0, 0.05) is 38.4 Å². The van der Waals surface area contributed by atoms with Crippen LogP contribution in [0.2, 0.25) is 0 Å². The smallest absolute Gasteiger partial charge is 0.317 e. The number of hydrogen-bond donors (Lipinski definition) is 1. The maximum Gasteiger partial charge on any atom is 0.317 e. The predicted molar refractivity (Wildman–Crippen MR) is 96.2 cm³/mol. The number of aryl methyl sites for hydroxylation is 1.